The molecule has 2 aromatic rings. The highest BCUT2D eigenvalue weighted by Crippen LogP contribution is 2.28. The summed E-state index contributed by atoms with van der Waals surface area (Å²) in [5.41, 5.74) is 1.62. The number of hydrogen-bond donors (Lipinski definition) is 1. The maximum Gasteiger partial charge on any atom is 0.323 e. The molecule has 0 saturated carbocycles. The zero-order valence-electron chi connectivity index (χ0n) is 13.1. The molecule has 120 valence electrons. The number of nitrogens with zero attached hydrogens (tertiary/aromatic N) is 3. The third-order valence-electron chi connectivity index (χ3n) is 3.65. The number of nitrogens with one attached hydrogen (secondary N) is 1. The second-order valence-electron chi connectivity index (χ2n) is 5.16. The minimum Gasteiger partial charge on any atom is -0.497 e. The van der Waals surface area contributed by atoms with Gasteiger partial charge in [0.05, 0.1) is 25.9 Å². The van der Waals surface area contributed by atoms with E-state index < -0.39 is 0 Å². The Balaban J connectivity index is 1.75. The molecule has 7 nitrogen and oxygen atoms in total. The summed E-state index contributed by atoms with van der Waals surface area (Å²) in [6.45, 7) is 3.18. The van der Waals surface area contributed by atoms with Gasteiger partial charge >= 0.3 is 6.03 Å². The third kappa shape index (κ3) is 3.33. The zero-order chi connectivity index (χ0) is 16.2. The molecule has 1 aromatic heterocycles. The molecule has 0 atom stereocenters. The van der Waals surface area contributed by atoms with E-state index >= 15 is 0 Å². The number of ether oxygens (including phenoxy) is 2. The van der Waals surface area contributed by atoms with Crippen molar-refractivity contribution in [3.8, 4) is 11.5 Å². The summed E-state index contributed by atoms with van der Waals surface area (Å²) in [5.74, 6) is 1.95. The Labute approximate surface area is 134 Å². The first-order valence-electron chi connectivity index (χ1n) is 7.30. The molecule has 3 rings (SSSR count). The molecule has 0 bridgehead atoms. The molecule has 0 aliphatic carbocycles. The average molecular weight is 314 g/mol. The van der Waals surface area contributed by atoms with E-state index in [4.69, 9.17) is 9.47 Å². The molecule has 0 spiro atoms. The van der Waals surface area contributed by atoms with Crippen molar-refractivity contribution in [2.75, 3.05) is 25.6 Å². The highest BCUT2D eigenvalue weighted by Gasteiger charge is 2.21. The van der Waals surface area contributed by atoms with Crippen molar-refractivity contribution in [2.45, 2.75) is 13.5 Å². The fourth-order valence-electron chi connectivity index (χ4n) is 2.36. The van der Waals surface area contributed by atoms with E-state index in [1.807, 2.05) is 18.2 Å². The SMILES string of the molecule is COc1ccc2c(c1)OCCN(C(=O)Nc1nccnc1C)C2. The Hall–Kier alpha value is -2.83. The minimum absolute atomic E-state index is 0.221. The summed E-state index contributed by atoms with van der Waals surface area (Å²) in [5, 5.41) is 2.79. The van der Waals surface area contributed by atoms with Crippen molar-refractivity contribution in [1.82, 2.24) is 14.9 Å². The molecule has 2 amide bonds. The van der Waals surface area contributed by atoms with Gasteiger partial charge < -0.3 is 14.4 Å². The second kappa shape index (κ2) is 6.51. The van der Waals surface area contributed by atoms with Crippen LogP contribution in [0.2, 0.25) is 0 Å². The van der Waals surface area contributed by atoms with Crippen LogP contribution in [-0.2, 0) is 6.54 Å². The summed E-state index contributed by atoms with van der Waals surface area (Å²) in [6.07, 6.45) is 3.14. The van der Waals surface area contributed by atoms with E-state index in [2.05, 4.69) is 15.3 Å². The molecule has 7 heteroatoms. The Morgan fingerprint density at radius 3 is 2.96 bits per heavy atom. The number of methoxy groups -OCH3 is 1. The van der Waals surface area contributed by atoms with Gasteiger partial charge in [-0.15, -0.1) is 0 Å². The van der Waals surface area contributed by atoms with Gasteiger partial charge in [-0.2, -0.15) is 0 Å². The summed E-state index contributed by atoms with van der Waals surface area (Å²) in [4.78, 5) is 22.4. The predicted molar refractivity (Wildman–Crippen MR) is 84.7 cm³/mol. The maximum absolute atomic E-state index is 12.5. The van der Waals surface area contributed by atoms with Crippen LogP contribution in [0.5, 0.6) is 11.5 Å². The van der Waals surface area contributed by atoms with Gasteiger partial charge in [0.15, 0.2) is 5.82 Å². The molecule has 1 aromatic carbocycles. The smallest absolute Gasteiger partial charge is 0.323 e. The molecule has 0 radical (unpaired) electrons. The first kappa shape index (κ1) is 15.1. The van der Waals surface area contributed by atoms with Crippen LogP contribution in [-0.4, -0.2) is 41.2 Å². The highest BCUT2D eigenvalue weighted by molar-refractivity contribution is 5.88. The molecular weight excluding hydrogens is 296 g/mol. The average Bonchev–Trinajstić information content (AvgIpc) is 2.78. The molecule has 1 aliphatic rings. The van der Waals surface area contributed by atoms with Gasteiger partial charge in [-0.05, 0) is 19.1 Å². The number of carbonyl (C=O) groups excluding carboxylic acids is 1. The van der Waals surface area contributed by atoms with Crippen LogP contribution in [0.4, 0.5) is 10.6 Å². The highest BCUT2D eigenvalue weighted by atomic mass is 16.5. The first-order chi connectivity index (χ1) is 11.2. The maximum atomic E-state index is 12.5. The monoisotopic (exact) mass is 314 g/mol. The number of aryl methyl sites for hydroxylation is 1. The number of anilines is 1. The van der Waals surface area contributed by atoms with Crippen LogP contribution >= 0.6 is 0 Å². The molecule has 1 aliphatic heterocycles. The van der Waals surface area contributed by atoms with E-state index in [9.17, 15) is 4.79 Å². The topological polar surface area (TPSA) is 76.6 Å². The number of rotatable bonds is 2. The lowest BCUT2D eigenvalue weighted by Crippen LogP contribution is -2.36. The standard InChI is InChI=1S/C16H18N4O3/c1-11-15(18-6-5-17-11)19-16(21)20-7-8-23-14-9-13(22-2)4-3-12(14)10-20/h3-6,9H,7-8,10H2,1-2H3,(H,18,19,21). The van der Waals surface area contributed by atoms with Crippen molar-refractivity contribution in [1.29, 1.82) is 0 Å². The largest absolute Gasteiger partial charge is 0.497 e. The fourth-order valence-corrected chi connectivity index (χ4v) is 2.36. The minimum atomic E-state index is -0.221. The molecule has 2 heterocycles. The van der Waals surface area contributed by atoms with Crippen LogP contribution in [0.3, 0.4) is 0 Å². The lowest BCUT2D eigenvalue weighted by Gasteiger charge is -2.20. The third-order valence-corrected chi connectivity index (χ3v) is 3.65. The number of fused-ring (bicyclic) bond motifs is 1. The normalized spacial score (nSPS) is 13.6. The summed E-state index contributed by atoms with van der Waals surface area (Å²) < 4.78 is 10.9. The van der Waals surface area contributed by atoms with Crippen LogP contribution in [0, 0.1) is 6.92 Å². The number of aromatic nitrogens is 2. The van der Waals surface area contributed by atoms with Crippen molar-refractivity contribution in [3.05, 3.63) is 41.9 Å². The molecular formula is C16H18N4O3. The van der Waals surface area contributed by atoms with Crippen LogP contribution in [0.25, 0.3) is 0 Å². The van der Waals surface area contributed by atoms with Crippen molar-refractivity contribution in [2.24, 2.45) is 0 Å². The Bertz CT molecular complexity index is 720. The Morgan fingerprint density at radius 2 is 2.17 bits per heavy atom. The summed E-state index contributed by atoms with van der Waals surface area (Å²) in [7, 11) is 1.61. The van der Waals surface area contributed by atoms with E-state index in [0.29, 0.717) is 31.2 Å². The molecule has 0 saturated heterocycles. The van der Waals surface area contributed by atoms with Crippen LogP contribution in [0.15, 0.2) is 30.6 Å². The van der Waals surface area contributed by atoms with E-state index in [0.717, 1.165) is 17.1 Å². The molecule has 1 N–H and O–H groups in total. The number of urea groups is 1. The van der Waals surface area contributed by atoms with Gasteiger partial charge in [0.1, 0.15) is 18.1 Å². The number of hydrogen-bond acceptors (Lipinski definition) is 5. The Morgan fingerprint density at radius 1 is 1.35 bits per heavy atom. The zero-order valence-corrected chi connectivity index (χ0v) is 13.1. The van der Waals surface area contributed by atoms with Crippen LogP contribution < -0.4 is 14.8 Å². The van der Waals surface area contributed by atoms with Gasteiger partial charge in [-0.3, -0.25) is 10.3 Å². The second-order valence-corrected chi connectivity index (χ2v) is 5.16. The Kier molecular flexibility index (Phi) is 4.27. The van der Waals surface area contributed by atoms with E-state index in [1.54, 1.807) is 31.3 Å². The van der Waals surface area contributed by atoms with Crippen LogP contribution in [0.1, 0.15) is 11.3 Å². The van der Waals surface area contributed by atoms with Gasteiger partial charge in [0.25, 0.3) is 0 Å². The van der Waals surface area contributed by atoms with Gasteiger partial charge in [0.2, 0.25) is 0 Å². The number of carbonyl (C=O) groups is 1. The lowest BCUT2D eigenvalue weighted by atomic mass is 10.2. The van der Waals surface area contributed by atoms with Gasteiger partial charge in [-0.1, -0.05) is 0 Å². The lowest BCUT2D eigenvalue weighted by molar-refractivity contribution is 0.200. The number of amides is 2. The van der Waals surface area contributed by atoms with Crippen molar-refractivity contribution >= 4 is 11.8 Å². The molecule has 0 unspecified atom stereocenters. The summed E-state index contributed by atoms with van der Waals surface area (Å²) >= 11 is 0. The number of benzene rings is 1. The van der Waals surface area contributed by atoms with Crippen molar-refractivity contribution < 1.29 is 14.3 Å². The van der Waals surface area contributed by atoms with Crippen molar-refractivity contribution in [3.63, 3.8) is 0 Å². The van der Waals surface area contributed by atoms with E-state index in [-0.39, 0.29) is 6.03 Å². The quantitative estimate of drug-likeness (QED) is 0.920. The van der Waals surface area contributed by atoms with E-state index in [1.165, 1.54) is 0 Å². The molecule has 0 fully saturated rings. The summed E-state index contributed by atoms with van der Waals surface area (Å²) in [6, 6.07) is 5.38. The fraction of sp³-hybridized carbons (Fsp3) is 0.312. The van der Waals surface area contributed by atoms with Gasteiger partial charge in [-0.25, -0.2) is 9.78 Å². The first-order valence-corrected chi connectivity index (χ1v) is 7.30. The van der Waals surface area contributed by atoms with Gasteiger partial charge in [0, 0.05) is 24.0 Å². The molecule has 23 heavy (non-hydrogen) atoms. The predicted octanol–water partition coefficient (Wildman–Crippen LogP) is 2.22.